The molecule has 1 aromatic heterocycles. The van der Waals surface area contributed by atoms with E-state index in [0.29, 0.717) is 0 Å². The lowest BCUT2D eigenvalue weighted by atomic mass is 10.3. The maximum absolute atomic E-state index is 13.0. The molecule has 1 aliphatic heterocycles. The molecule has 0 radical (unpaired) electrons. The number of nitrogens with two attached hydrogens (primary N) is 1. The largest absolute Gasteiger partial charge is 0.380 e. The molecule has 2 N–H and O–H groups in total. The fourth-order valence-electron chi connectivity index (χ4n) is 2.34. The smallest absolute Gasteiger partial charge is 0.257 e. The number of halogens is 2. The second-order valence-corrected chi connectivity index (χ2v) is 7.08. The highest BCUT2D eigenvalue weighted by Gasteiger charge is 2.35. The fraction of sp³-hybridized carbons (Fsp3) is 0.727. The molecule has 2 heterocycles. The van der Waals surface area contributed by atoms with Gasteiger partial charge in [0.15, 0.2) is 16.5 Å². The first-order chi connectivity index (χ1) is 9.61. The molecule has 120 valence electrons. The number of hydrogen-bond acceptors (Lipinski definition) is 6. The first kappa shape index (κ1) is 16.1. The van der Waals surface area contributed by atoms with Crippen molar-refractivity contribution in [3.8, 4) is 0 Å². The van der Waals surface area contributed by atoms with E-state index in [1.54, 1.807) is 0 Å². The van der Waals surface area contributed by atoms with Crippen LogP contribution in [0.4, 0.5) is 14.6 Å². The van der Waals surface area contributed by atoms with Gasteiger partial charge < -0.3 is 10.3 Å². The van der Waals surface area contributed by atoms with E-state index in [9.17, 15) is 17.2 Å². The summed E-state index contributed by atoms with van der Waals surface area (Å²) < 4.78 is 56.8. The van der Waals surface area contributed by atoms with Crippen LogP contribution < -0.4 is 5.73 Å². The van der Waals surface area contributed by atoms with Crippen molar-refractivity contribution in [3.63, 3.8) is 0 Å². The Labute approximate surface area is 121 Å². The highest BCUT2D eigenvalue weighted by molar-refractivity contribution is 7.89. The second-order valence-electron chi connectivity index (χ2n) is 5.20. The van der Waals surface area contributed by atoms with Gasteiger partial charge in [-0.1, -0.05) is 5.16 Å². The van der Waals surface area contributed by atoms with Crippen LogP contribution in [0.15, 0.2) is 9.42 Å². The standard InChI is InChI=1S/C11H18F2N4O3S/c1-8-9(10(14)15-20-8)21(18,19)17-5-3-16(4-6-17)7-11(2,12)13/h3-7H2,1-2H3,(H2,14,15). The quantitative estimate of drug-likeness (QED) is 0.868. The molecule has 1 saturated heterocycles. The topological polar surface area (TPSA) is 92.7 Å². The van der Waals surface area contributed by atoms with Gasteiger partial charge in [0.25, 0.3) is 5.92 Å². The number of rotatable bonds is 4. The van der Waals surface area contributed by atoms with Gasteiger partial charge in [0.05, 0.1) is 6.54 Å². The number of piperazine rings is 1. The van der Waals surface area contributed by atoms with Crippen LogP contribution in [0.2, 0.25) is 0 Å². The summed E-state index contributed by atoms with van der Waals surface area (Å²) in [7, 11) is -3.81. The first-order valence-electron chi connectivity index (χ1n) is 6.43. The highest BCUT2D eigenvalue weighted by atomic mass is 32.2. The van der Waals surface area contributed by atoms with E-state index >= 15 is 0 Å². The summed E-state index contributed by atoms with van der Waals surface area (Å²) in [6, 6.07) is 0. The number of alkyl halides is 2. The van der Waals surface area contributed by atoms with Crippen LogP contribution in [-0.4, -0.2) is 61.4 Å². The summed E-state index contributed by atoms with van der Waals surface area (Å²) in [6.07, 6.45) is 0. The third-order valence-electron chi connectivity index (χ3n) is 3.26. The maximum atomic E-state index is 13.0. The van der Waals surface area contributed by atoms with Crippen molar-refractivity contribution in [3.05, 3.63) is 5.76 Å². The van der Waals surface area contributed by atoms with Crippen molar-refractivity contribution in [1.82, 2.24) is 14.4 Å². The van der Waals surface area contributed by atoms with E-state index in [-0.39, 0.29) is 49.2 Å². The Morgan fingerprint density at radius 3 is 2.33 bits per heavy atom. The minimum absolute atomic E-state index is 0.120. The molecular formula is C11H18F2N4O3S. The molecule has 2 rings (SSSR count). The van der Waals surface area contributed by atoms with Crippen molar-refractivity contribution < 1.29 is 21.7 Å². The zero-order valence-corrected chi connectivity index (χ0v) is 12.7. The Hall–Kier alpha value is -1.26. The predicted molar refractivity (Wildman–Crippen MR) is 71.5 cm³/mol. The molecule has 0 atom stereocenters. The van der Waals surface area contributed by atoms with Crippen molar-refractivity contribution in [2.24, 2.45) is 0 Å². The van der Waals surface area contributed by atoms with E-state index in [0.717, 1.165) is 6.92 Å². The SMILES string of the molecule is Cc1onc(N)c1S(=O)(=O)N1CCN(CC(C)(F)F)CC1. The molecule has 21 heavy (non-hydrogen) atoms. The number of nitrogens with zero attached hydrogens (tertiary/aromatic N) is 3. The number of aryl methyl sites for hydroxylation is 1. The van der Waals surface area contributed by atoms with Crippen molar-refractivity contribution in [2.45, 2.75) is 24.7 Å². The lowest BCUT2D eigenvalue weighted by Gasteiger charge is -2.34. The fourth-order valence-corrected chi connectivity index (χ4v) is 3.95. The van der Waals surface area contributed by atoms with E-state index in [1.165, 1.54) is 16.1 Å². The lowest BCUT2D eigenvalue weighted by molar-refractivity contribution is -0.0208. The van der Waals surface area contributed by atoms with Gasteiger partial charge >= 0.3 is 0 Å². The third-order valence-corrected chi connectivity index (χ3v) is 5.32. The van der Waals surface area contributed by atoms with Crippen LogP contribution in [0, 0.1) is 6.92 Å². The molecule has 0 aliphatic carbocycles. The van der Waals surface area contributed by atoms with Crippen LogP contribution in [0.5, 0.6) is 0 Å². The normalized spacial score (nSPS) is 19.0. The van der Waals surface area contributed by atoms with E-state index in [2.05, 4.69) is 5.16 Å². The summed E-state index contributed by atoms with van der Waals surface area (Å²) in [5.74, 6) is -2.86. The van der Waals surface area contributed by atoms with Crippen LogP contribution in [-0.2, 0) is 10.0 Å². The Kier molecular flexibility index (Phi) is 4.22. The van der Waals surface area contributed by atoms with Gasteiger partial charge in [-0.15, -0.1) is 0 Å². The molecule has 0 unspecified atom stereocenters. The van der Waals surface area contributed by atoms with Crippen molar-refractivity contribution in [2.75, 3.05) is 38.5 Å². The summed E-state index contributed by atoms with van der Waals surface area (Å²) in [6.45, 7) is 2.67. The number of hydrogen-bond donors (Lipinski definition) is 1. The van der Waals surface area contributed by atoms with Crippen molar-refractivity contribution >= 4 is 15.8 Å². The second kappa shape index (κ2) is 5.50. The zero-order valence-electron chi connectivity index (χ0n) is 11.8. The molecular weight excluding hydrogens is 306 g/mol. The van der Waals surface area contributed by atoms with Gasteiger partial charge in [-0.2, -0.15) is 4.31 Å². The monoisotopic (exact) mass is 324 g/mol. The van der Waals surface area contributed by atoms with Gasteiger partial charge in [-0.25, -0.2) is 17.2 Å². The van der Waals surface area contributed by atoms with E-state index in [1.807, 2.05) is 0 Å². The van der Waals surface area contributed by atoms with Crippen LogP contribution in [0.1, 0.15) is 12.7 Å². The minimum atomic E-state index is -3.81. The molecule has 0 amide bonds. The van der Waals surface area contributed by atoms with E-state index in [4.69, 9.17) is 10.3 Å². The van der Waals surface area contributed by atoms with Gasteiger partial charge in [0.2, 0.25) is 10.0 Å². The molecule has 0 bridgehead atoms. The third kappa shape index (κ3) is 3.50. The molecule has 0 aromatic carbocycles. The number of aromatic nitrogens is 1. The highest BCUT2D eigenvalue weighted by Crippen LogP contribution is 2.26. The minimum Gasteiger partial charge on any atom is -0.380 e. The summed E-state index contributed by atoms with van der Waals surface area (Å²) >= 11 is 0. The van der Waals surface area contributed by atoms with Gasteiger partial charge in [0, 0.05) is 33.1 Å². The Balaban J connectivity index is 2.08. The molecule has 1 aromatic rings. The van der Waals surface area contributed by atoms with Crippen molar-refractivity contribution in [1.29, 1.82) is 0 Å². The summed E-state index contributed by atoms with van der Waals surface area (Å²) in [5, 5.41) is 3.43. The average molecular weight is 324 g/mol. The van der Waals surface area contributed by atoms with Crippen LogP contribution in [0.3, 0.4) is 0 Å². The zero-order chi connectivity index (χ0) is 15.8. The molecule has 0 saturated carbocycles. The number of sulfonamides is 1. The summed E-state index contributed by atoms with van der Waals surface area (Å²) in [5.41, 5.74) is 5.52. The van der Waals surface area contributed by atoms with Gasteiger partial charge in [-0.05, 0) is 6.92 Å². The maximum Gasteiger partial charge on any atom is 0.257 e. The van der Waals surface area contributed by atoms with Gasteiger partial charge in [0.1, 0.15) is 0 Å². The number of anilines is 1. The number of nitrogen functional groups attached to an aromatic ring is 1. The molecule has 10 heteroatoms. The molecule has 0 spiro atoms. The molecule has 7 nitrogen and oxygen atoms in total. The molecule has 1 aliphatic rings. The van der Waals surface area contributed by atoms with Crippen LogP contribution in [0.25, 0.3) is 0 Å². The summed E-state index contributed by atoms with van der Waals surface area (Å²) in [4.78, 5) is 1.40. The Morgan fingerprint density at radius 2 is 1.90 bits per heavy atom. The Bertz CT molecular complexity index is 584. The van der Waals surface area contributed by atoms with Gasteiger partial charge in [-0.3, -0.25) is 4.90 Å². The molecule has 1 fully saturated rings. The average Bonchev–Trinajstić information content (AvgIpc) is 2.68. The Morgan fingerprint density at radius 1 is 1.33 bits per heavy atom. The first-order valence-corrected chi connectivity index (χ1v) is 7.87. The van der Waals surface area contributed by atoms with E-state index < -0.39 is 15.9 Å². The predicted octanol–water partition coefficient (Wildman–Crippen LogP) is 0.527. The van der Waals surface area contributed by atoms with Crippen LogP contribution >= 0.6 is 0 Å². The lowest BCUT2D eigenvalue weighted by Crippen LogP contribution is -2.51.